The van der Waals surface area contributed by atoms with Crippen LogP contribution >= 0.6 is 11.8 Å². The number of hydrogen-bond acceptors (Lipinski definition) is 2. The fraction of sp³-hybridized carbons (Fsp3) is 1.00. The van der Waals surface area contributed by atoms with Crippen LogP contribution in [0.25, 0.3) is 0 Å². The Morgan fingerprint density at radius 3 is 2.58 bits per heavy atom. The third kappa shape index (κ3) is 6.99. The maximum absolute atomic E-state index is 3.27. The Balaban J connectivity index is 3.34. The summed E-state index contributed by atoms with van der Waals surface area (Å²) in [4.78, 5) is 0. The number of rotatable bonds is 8. The summed E-state index contributed by atoms with van der Waals surface area (Å²) >= 11 is 1.96. The van der Waals surface area contributed by atoms with Gasteiger partial charge < -0.3 is 5.32 Å². The highest BCUT2D eigenvalue weighted by Crippen LogP contribution is 2.13. The van der Waals surface area contributed by atoms with Gasteiger partial charge >= 0.3 is 0 Å². The zero-order valence-corrected chi connectivity index (χ0v) is 9.54. The molecule has 1 nitrogen and oxygen atoms in total. The first-order valence-corrected chi connectivity index (χ1v) is 6.38. The summed E-state index contributed by atoms with van der Waals surface area (Å²) in [5.74, 6) is 2.23. The lowest BCUT2D eigenvalue weighted by atomic mass is 9.98. The molecule has 0 amide bonds. The number of hydrogen-bond donors (Lipinski definition) is 1. The van der Waals surface area contributed by atoms with Crippen LogP contribution in [0.4, 0.5) is 0 Å². The van der Waals surface area contributed by atoms with Crippen molar-refractivity contribution in [3.05, 3.63) is 0 Å². The Hall–Kier alpha value is 0.310. The predicted molar refractivity (Wildman–Crippen MR) is 59.9 cm³/mol. The second-order valence-corrected chi connectivity index (χ2v) is 4.33. The van der Waals surface area contributed by atoms with E-state index < -0.39 is 0 Å². The highest BCUT2D eigenvalue weighted by atomic mass is 32.2. The van der Waals surface area contributed by atoms with Gasteiger partial charge in [-0.15, -0.1) is 0 Å². The van der Waals surface area contributed by atoms with Gasteiger partial charge in [-0.25, -0.2) is 0 Å². The van der Waals surface area contributed by atoms with Gasteiger partial charge in [-0.3, -0.25) is 0 Å². The molecule has 1 unspecified atom stereocenters. The average Bonchev–Trinajstić information content (AvgIpc) is 2.06. The van der Waals surface area contributed by atoms with Gasteiger partial charge in [0.1, 0.15) is 0 Å². The van der Waals surface area contributed by atoms with Crippen molar-refractivity contribution in [2.45, 2.75) is 32.6 Å². The zero-order chi connectivity index (χ0) is 9.23. The van der Waals surface area contributed by atoms with Gasteiger partial charge in [-0.05, 0) is 50.8 Å². The molecule has 12 heavy (non-hydrogen) atoms. The highest BCUT2D eigenvalue weighted by Gasteiger charge is 2.05. The van der Waals surface area contributed by atoms with E-state index in [1.165, 1.54) is 38.0 Å². The Labute approximate surface area is 81.7 Å². The maximum atomic E-state index is 3.27. The maximum Gasteiger partial charge on any atom is -0.00235 e. The Morgan fingerprint density at radius 1 is 1.33 bits per heavy atom. The molecule has 0 aromatic heterocycles. The van der Waals surface area contributed by atoms with Crippen LogP contribution in [0.5, 0.6) is 0 Å². The van der Waals surface area contributed by atoms with Gasteiger partial charge in [-0.2, -0.15) is 11.8 Å². The average molecular weight is 189 g/mol. The quantitative estimate of drug-likeness (QED) is 0.589. The van der Waals surface area contributed by atoms with Crippen LogP contribution in [0.3, 0.4) is 0 Å². The normalized spacial score (nSPS) is 13.2. The van der Waals surface area contributed by atoms with E-state index in [-0.39, 0.29) is 0 Å². The molecule has 0 saturated carbocycles. The third-order valence-corrected chi connectivity index (χ3v) is 2.85. The molecule has 0 saturated heterocycles. The van der Waals surface area contributed by atoms with Crippen LogP contribution in [0.2, 0.25) is 0 Å². The van der Waals surface area contributed by atoms with E-state index in [2.05, 4.69) is 25.5 Å². The van der Waals surface area contributed by atoms with E-state index in [0.717, 1.165) is 5.92 Å². The molecule has 0 aliphatic heterocycles. The second-order valence-electron chi connectivity index (χ2n) is 3.35. The molecule has 0 aromatic carbocycles. The first kappa shape index (κ1) is 12.3. The van der Waals surface area contributed by atoms with Crippen LogP contribution in [-0.4, -0.2) is 25.6 Å². The summed E-state index contributed by atoms with van der Waals surface area (Å²) in [7, 11) is 2.05. The van der Waals surface area contributed by atoms with Crippen molar-refractivity contribution < 1.29 is 0 Å². The summed E-state index contributed by atoms with van der Waals surface area (Å²) in [6, 6.07) is 0. The van der Waals surface area contributed by atoms with Crippen LogP contribution < -0.4 is 5.32 Å². The summed E-state index contributed by atoms with van der Waals surface area (Å²) in [6.45, 7) is 3.47. The van der Waals surface area contributed by atoms with Gasteiger partial charge in [0.05, 0.1) is 0 Å². The van der Waals surface area contributed by atoms with Gasteiger partial charge in [0.2, 0.25) is 0 Å². The largest absolute Gasteiger partial charge is 0.319 e. The van der Waals surface area contributed by atoms with Crippen molar-refractivity contribution in [1.82, 2.24) is 5.32 Å². The van der Waals surface area contributed by atoms with Crippen molar-refractivity contribution in [2.24, 2.45) is 5.92 Å². The SMILES string of the molecule is CCCC(CCCSC)CNC. The Morgan fingerprint density at radius 2 is 2.08 bits per heavy atom. The molecule has 0 aromatic rings. The van der Waals surface area contributed by atoms with Crippen molar-refractivity contribution in [3.8, 4) is 0 Å². The second kappa shape index (κ2) is 9.40. The van der Waals surface area contributed by atoms with Crippen molar-refractivity contribution >= 4 is 11.8 Å². The molecule has 0 spiro atoms. The molecule has 0 heterocycles. The van der Waals surface area contributed by atoms with Crippen molar-refractivity contribution in [1.29, 1.82) is 0 Å². The standard InChI is InChI=1S/C10H23NS/c1-4-6-10(9-11-2)7-5-8-12-3/h10-11H,4-9H2,1-3H3. The lowest BCUT2D eigenvalue weighted by Crippen LogP contribution is -2.18. The number of thioether (sulfide) groups is 1. The first-order valence-electron chi connectivity index (χ1n) is 4.98. The molecule has 0 aliphatic rings. The fourth-order valence-electron chi connectivity index (χ4n) is 1.56. The van der Waals surface area contributed by atoms with E-state index in [0.29, 0.717) is 0 Å². The summed E-state index contributed by atoms with van der Waals surface area (Å²) in [5, 5.41) is 3.27. The van der Waals surface area contributed by atoms with E-state index in [4.69, 9.17) is 0 Å². The minimum atomic E-state index is 0.909. The van der Waals surface area contributed by atoms with Crippen molar-refractivity contribution in [3.63, 3.8) is 0 Å². The lowest BCUT2D eigenvalue weighted by molar-refractivity contribution is 0.425. The minimum Gasteiger partial charge on any atom is -0.319 e. The van der Waals surface area contributed by atoms with Crippen LogP contribution in [-0.2, 0) is 0 Å². The van der Waals surface area contributed by atoms with Gasteiger partial charge in [-0.1, -0.05) is 13.3 Å². The molecular weight excluding hydrogens is 166 g/mol. The van der Waals surface area contributed by atoms with Gasteiger partial charge in [0.25, 0.3) is 0 Å². The fourth-order valence-corrected chi connectivity index (χ4v) is 2.02. The van der Waals surface area contributed by atoms with E-state index in [9.17, 15) is 0 Å². The predicted octanol–water partition coefficient (Wildman–Crippen LogP) is 2.77. The summed E-state index contributed by atoms with van der Waals surface area (Å²) < 4.78 is 0. The monoisotopic (exact) mass is 189 g/mol. The first-order chi connectivity index (χ1) is 5.85. The molecule has 1 atom stereocenters. The summed E-state index contributed by atoms with van der Waals surface area (Å²) in [5.41, 5.74) is 0. The van der Waals surface area contributed by atoms with Crippen molar-refractivity contribution in [2.75, 3.05) is 25.6 Å². The Bertz CT molecular complexity index is 79.9. The summed E-state index contributed by atoms with van der Waals surface area (Å²) in [6.07, 6.45) is 7.68. The third-order valence-electron chi connectivity index (χ3n) is 2.15. The van der Waals surface area contributed by atoms with Crippen LogP contribution in [0, 0.1) is 5.92 Å². The minimum absolute atomic E-state index is 0.909. The lowest BCUT2D eigenvalue weighted by Gasteiger charge is -2.14. The van der Waals surface area contributed by atoms with Crippen LogP contribution in [0.1, 0.15) is 32.6 Å². The van der Waals surface area contributed by atoms with Crippen LogP contribution in [0.15, 0.2) is 0 Å². The molecule has 74 valence electrons. The molecule has 0 fully saturated rings. The topological polar surface area (TPSA) is 12.0 Å². The molecule has 2 heteroatoms. The van der Waals surface area contributed by atoms with E-state index in [1.54, 1.807) is 0 Å². The molecular formula is C10H23NS. The smallest absolute Gasteiger partial charge is 0.00235 e. The number of nitrogens with one attached hydrogen (secondary N) is 1. The van der Waals surface area contributed by atoms with Gasteiger partial charge in [0.15, 0.2) is 0 Å². The Kier molecular flexibility index (Phi) is 9.64. The molecule has 0 aliphatic carbocycles. The van der Waals surface area contributed by atoms with Gasteiger partial charge in [0, 0.05) is 0 Å². The van der Waals surface area contributed by atoms with E-state index >= 15 is 0 Å². The van der Waals surface area contributed by atoms with E-state index in [1.807, 2.05) is 11.8 Å². The molecule has 0 radical (unpaired) electrons. The highest BCUT2D eigenvalue weighted by molar-refractivity contribution is 7.98. The molecule has 1 N–H and O–H groups in total. The molecule has 0 bridgehead atoms. The zero-order valence-electron chi connectivity index (χ0n) is 8.73. The molecule has 0 rings (SSSR count).